The van der Waals surface area contributed by atoms with Gasteiger partial charge in [0.05, 0.1) is 13.4 Å². The molecule has 3 aromatic rings. The van der Waals surface area contributed by atoms with Crippen LogP contribution in [0.15, 0.2) is 47.1 Å². The van der Waals surface area contributed by atoms with Gasteiger partial charge in [0.25, 0.3) is 5.91 Å². The first-order valence-electron chi connectivity index (χ1n) is 8.55. The number of benzene rings is 1. The Morgan fingerprint density at radius 2 is 2.00 bits per heavy atom. The van der Waals surface area contributed by atoms with Gasteiger partial charge in [-0.25, -0.2) is 9.78 Å². The Kier molecular flexibility index (Phi) is 4.53. The van der Waals surface area contributed by atoms with Gasteiger partial charge in [-0.05, 0) is 30.2 Å². The predicted molar refractivity (Wildman–Crippen MR) is 100 cm³/mol. The summed E-state index contributed by atoms with van der Waals surface area (Å²) in [7, 11) is 1.34. The highest BCUT2D eigenvalue weighted by Crippen LogP contribution is 2.31. The highest BCUT2D eigenvalue weighted by atomic mass is 32.1. The van der Waals surface area contributed by atoms with Gasteiger partial charge in [-0.1, -0.05) is 24.3 Å². The van der Waals surface area contributed by atoms with Crippen molar-refractivity contribution in [3.63, 3.8) is 0 Å². The van der Waals surface area contributed by atoms with Crippen molar-refractivity contribution >= 4 is 23.2 Å². The molecule has 0 N–H and O–H groups in total. The molecule has 0 saturated heterocycles. The number of nitrogens with zero attached hydrogens (tertiary/aromatic N) is 2. The van der Waals surface area contributed by atoms with Gasteiger partial charge in [0.15, 0.2) is 10.8 Å². The number of hydrogen-bond donors (Lipinski definition) is 0. The highest BCUT2D eigenvalue weighted by Gasteiger charge is 2.37. The van der Waals surface area contributed by atoms with Crippen molar-refractivity contribution in [1.29, 1.82) is 0 Å². The molecule has 4 rings (SSSR count). The normalized spacial score (nSPS) is 16.1. The molecule has 0 radical (unpaired) electrons. The molecule has 0 fully saturated rings. The third-order valence-corrected chi connectivity index (χ3v) is 5.70. The molecule has 0 aliphatic carbocycles. The second kappa shape index (κ2) is 7.00. The number of carbonyl (C=O) groups is 2. The minimum atomic E-state index is -0.662. The number of thiazole rings is 1. The molecule has 2 aromatic heterocycles. The van der Waals surface area contributed by atoms with Crippen LogP contribution < -0.4 is 0 Å². The van der Waals surface area contributed by atoms with Gasteiger partial charge in [-0.2, -0.15) is 0 Å². The number of aromatic nitrogens is 1. The molecule has 0 bridgehead atoms. The number of aryl methyl sites for hydroxylation is 1. The van der Waals surface area contributed by atoms with Crippen LogP contribution in [0.1, 0.15) is 26.5 Å². The average Bonchev–Trinajstić information content (AvgIpc) is 3.35. The van der Waals surface area contributed by atoms with E-state index in [-0.39, 0.29) is 5.91 Å². The fourth-order valence-electron chi connectivity index (χ4n) is 3.32. The van der Waals surface area contributed by atoms with E-state index in [1.165, 1.54) is 18.4 Å². The van der Waals surface area contributed by atoms with Crippen LogP contribution in [0.3, 0.4) is 0 Å². The Bertz CT molecular complexity index is 993. The Hall–Kier alpha value is -2.93. The van der Waals surface area contributed by atoms with Crippen molar-refractivity contribution in [2.45, 2.75) is 25.9 Å². The van der Waals surface area contributed by atoms with Gasteiger partial charge in [-0.15, -0.1) is 11.3 Å². The molecule has 1 aromatic carbocycles. The minimum absolute atomic E-state index is 0.272. The maximum atomic E-state index is 13.3. The van der Waals surface area contributed by atoms with Crippen LogP contribution >= 0.6 is 11.3 Å². The first-order chi connectivity index (χ1) is 13.1. The quantitative estimate of drug-likeness (QED) is 0.649. The van der Waals surface area contributed by atoms with Crippen molar-refractivity contribution in [3.8, 4) is 10.8 Å². The number of ether oxygens (including phenoxy) is 1. The van der Waals surface area contributed by atoms with Crippen LogP contribution in [-0.2, 0) is 22.5 Å². The molecule has 138 valence electrons. The second-order valence-electron chi connectivity index (χ2n) is 6.35. The van der Waals surface area contributed by atoms with Gasteiger partial charge >= 0.3 is 5.97 Å². The molecule has 1 unspecified atom stereocenters. The average molecular weight is 382 g/mol. The Labute approximate surface area is 160 Å². The van der Waals surface area contributed by atoms with Crippen molar-refractivity contribution < 1.29 is 18.7 Å². The van der Waals surface area contributed by atoms with E-state index >= 15 is 0 Å². The Balaban J connectivity index is 1.70. The Morgan fingerprint density at radius 3 is 2.70 bits per heavy atom. The Morgan fingerprint density at radius 1 is 1.22 bits per heavy atom. The number of amides is 1. The van der Waals surface area contributed by atoms with Crippen molar-refractivity contribution in [1.82, 2.24) is 9.88 Å². The van der Waals surface area contributed by atoms with E-state index in [0.717, 1.165) is 16.0 Å². The number of esters is 1. The van der Waals surface area contributed by atoms with Crippen molar-refractivity contribution in [2.75, 3.05) is 7.11 Å². The number of rotatable bonds is 3. The van der Waals surface area contributed by atoms with E-state index in [4.69, 9.17) is 9.15 Å². The third kappa shape index (κ3) is 3.14. The largest absolute Gasteiger partial charge is 0.467 e. The van der Waals surface area contributed by atoms with Crippen molar-refractivity contribution in [3.05, 3.63) is 64.4 Å². The summed E-state index contributed by atoms with van der Waals surface area (Å²) in [5.74, 6) is -0.0703. The summed E-state index contributed by atoms with van der Waals surface area (Å²) in [6, 6.07) is 10.8. The summed E-state index contributed by atoms with van der Waals surface area (Å²) in [4.78, 5) is 32.5. The van der Waals surface area contributed by atoms with E-state index in [1.54, 1.807) is 23.3 Å². The summed E-state index contributed by atoms with van der Waals surface area (Å²) in [5, 5.41) is 0.646. The molecular weight excluding hydrogens is 364 g/mol. The standard InChI is InChI=1S/C20H18N2O4S/c1-12-17(21-18(27-12)16-8-5-9-26-16)19(23)22-11-14-7-4-3-6-13(14)10-15(22)20(24)25-2/h3-9,15H,10-11H2,1-2H3. The maximum Gasteiger partial charge on any atom is 0.328 e. The minimum Gasteiger partial charge on any atom is -0.467 e. The lowest BCUT2D eigenvalue weighted by molar-refractivity contribution is -0.146. The molecule has 27 heavy (non-hydrogen) atoms. The lowest BCUT2D eigenvalue weighted by atomic mass is 9.93. The van der Waals surface area contributed by atoms with E-state index in [0.29, 0.717) is 29.4 Å². The van der Waals surface area contributed by atoms with Gasteiger partial charge in [0.1, 0.15) is 11.7 Å². The molecule has 1 amide bonds. The molecule has 3 heterocycles. The van der Waals surface area contributed by atoms with Gasteiger partial charge < -0.3 is 14.1 Å². The molecule has 6 nitrogen and oxygen atoms in total. The van der Waals surface area contributed by atoms with Crippen LogP contribution in [-0.4, -0.2) is 34.9 Å². The van der Waals surface area contributed by atoms with Crippen LogP contribution in [0.2, 0.25) is 0 Å². The molecule has 1 aliphatic heterocycles. The van der Waals surface area contributed by atoms with Crippen molar-refractivity contribution in [2.24, 2.45) is 0 Å². The van der Waals surface area contributed by atoms with E-state index in [1.807, 2.05) is 31.2 Å². The molecular formula is C20H18N2O4S. The van der Waals surface area contributed by atoms with Gasteiger partial charge in [0, 0.05) is 17.8 Å². The maximum absolute atomic E-state index is 13.3. The van der Waals surface area contributed by atoms with Gasteiger partial charge in [-0.3, -0.25) is 4.79 Å². The van der Waals surface area contributed by atoms with Crippen LogP contribution in [0.5, 0.6) is 0 Å². The summed E-state index contributed by atoms with van der Waals surface area (Å²) in [6.07, 6.45) is 2.01. The zero-order chi connectivity index (χ0) is 19.0. The zero-order valence-electron chi connectivity index (χ0n) is 15.0. The van der Waals surface area contributed by atoms with Crippen LogP contribution in [0, 0.1) is 6.92 Å². The van der Waals surface area contributed by atoms with E-state index in [9.17, 15) is 9.59 Å². The highest BCUT2D eigenvalue weighted by molar-refractivity contribution is 7.15. The number of carbonyl (C=O) groups excluding carboxylic acids is 2. The summed E-state index contributed by atoms with van der Waals surface area (Å²) >= 11 is 1.40. The summed E-state index contributed by atoms with van der Waals surface area (Å²) in [5.41, 5.74) is 2.44. The number of hydrogen-bond acceptors (Lipinski definition) is 6. The smallest absolute Gasteiger partial charge is 0.328 e. The molecule has 0 spiro atoms. The summed E-state index contributed by atoms with van der Waals surface area (Å²) < 4.78 is 10.3. The fourth-order valence-corrected chi connectivity index (χ4v) is 4.19. The fraction of sp³-hybridized carbons (Fsp3) is 0.250. The number of fused-ring (bicyclic) bond motifs is 1. The SMILES string of the molecule is COC(=O)C1Cc2ccccc2CN1C(=O)c1nc(-c2ccco2)sc1C. The van der Waals surface area contributed by atoms with E-state index < -0.39 is 12.0 Å². The second-order valence-corrected chi connectivity index (χ2v) is 7.55. The molecule has 0 saturated carbocycles. The summed E-state index contributed by atoms with van der Waals surface area (Å²) in [6.45, 7) is 2.20. The predicted octanol–water partition coefficient (Wildman–Crippen LogP) is 3.45. The molecule has 1 aliphatic rings. The van der Waals surface area contributed by atoms with E-state index in [2.05, 4.69) is 4.98 Å². The van der Waals surface area contributed by atoms with Crippen LogP contribution in [0.25, 0.3) is 10.8 Å². The first kappa shape index (κ1) is 17.5. The van der Waals surface area contributed by atoms with Gasteiger partial charge in [0.2, 0.25) is 0 Å². The monoisotopic (exact) mass is 382 g/mol. The van der Waals surface area contributed by atoms with Crippen LogP contribution in [0.4, 0.5) is 0 Å². The zero-order valence-corrected chi connectivity index (χ0v) is 15.8. The topological polar surface area (TPSA) is 72.6 Å². The lowest BCUT2D eigenvalue weighted by Crippen LogP contribution is -2.49. The molecule has 7 heteroatoms. The lowest BCUT2D eigenvalue weighted by Gasteiger charge is -2.34. The first-order valence-corrected chi connectivity index (χ1v) is 9.37. The third-order valence-electron chi connectivity index (χ3n) is 4.71. The molecule has 1 atom stereocenters. The number of methoxy groups -OCH3 is 1. The number of furan rings is 1.